The molecule has 1 aliphatic carbocycles. The maximum atomic E-state index is 10.7. The zero-order valence-corrected chi connectivity index (χ0v) is 16.6. The molecule has 1 saturated carbocycles. The van der Waals surface area contributed by atoms with E-state index in [4.69, 9.17) is 18.0 Å². The van der Waals surface area contributed by atoms with Crippen LogP contribution in [0.4, 0.5) is 13.2 Å². The quantitative estimate of drug-likeness (QED) is 0.551. The molecule has 0 radical (unpaired) electrons. The molecule has 2 aromatic rings. The molecule has 1 fully saturated rings. The first-order chi connectivity index (χ1) is 13.0. The van der Waals surface area contributed by atoms with Gasteiger partial charge in [0.2, 0.25) is 4.80 Å². The van der Waals surface area contributed by atoms with E-state index in [1.54, 1.807) is 23.5 Å². The van der Waals surface area contributed by atoms with Crippen LogP contribution in [0.3, 0.4) is 0 Å². The van der Waals surface area contributed by atoms with Crippen molar-refractivity contribution in [2.75, 3.05) is 0 Å². The lowest BCUT2D eigenvalue weighted by Gasteiger charge is -2.16. The number of aromatic nitrogens is 2. The topological polar surface area (TPSA) is 105 Å². The third-order valence-corrected chi connectivity index (χ3v) is 5.63. The Hall–Kier alpha value is -1.92. The minimum Gasteiger partial charge on any atom is -0.508 e. The Bertz CT molecular complexity index is 945. The molecule has 1 heterocycles. The van der Waals surface area contributed by atoms with Crippen molar-refractivity contribution in [1.29, 1.82) is 0 Å². The second-order valence-electron chi connectivity index (χ2n) is 6.20. The van der Waals surface area contributed by atoms with Gasteiger partial charge in [0.25, 0.3) is 0 Å². The molecular weight excluding hydrogens is 419 g/mol. The third kappa shape index (κ3) is 6.31. The van der Waals surface area contributed by atoms with Crippen LogP contribution >= 0.6 is 11.3 Å². The molecule has 28 heavy (non-hydrogen) atoms. The normalized spacial score (nSPS) is 16.5. The van der Waals surface area contributed by atoms with Crippen molar-refractivity contribution in [2.24, 2.45) is 12.0 Å². The smallest absolute Gasteiger partial charge is 0.508 e. The van der Waals surface area contributed by atoms with E-state index in [1.807, 2.05) is 23.9 Å². The summed E-state index contributed by atoms with van der Waals surface area (Å²) in [6.45, 7) is 0. The fourth-order valence-electron chi connectivity index (χ4n) is 2.55. The van der Waals surface area contributed by atoms with Gasteiger partial charge in [-0.3, -0.25) is 9.55 Å². The zero-order chi connectivity index (χ0) is 20.9. The lowest BCUT2D eigenvalue weighted by atomic mass is 9.96. The summed E-state index contributed by atoms with van der Waals surface area (Å²) in [5, 5.41) is 14.8. The first kappa shape index (κ1) is 22.4. The van der Waals surface area contributed by atoms with Crippen molar-refractivity contribution in [3.8, 4) is 16.3 Å². The lowest BCUT2D eigenvalue weighted by molar-refractivity contribution is -0.0510. The molecule has 7 nitrogen and oxygen atoms in total. The predicted molar refractivity (Wildman–Crippen MR) is 98.2 cm³/mol. The molecule has 0 saturated heterocycles. The summed E-state index contributed by atoms with van der Waals surface area (Å²) in [5.41, 5.74) is -4.51. The number of phenols is 1. The number of aryl methyl sites for hydroxylation is 1. The van der Waals surface area contributed by atoms with E-state index >= 15 is 0 Å². The number of rotatable bonds is 2. The molecule has 0 amide bonds. The van der Waals surface area contributed by atoms with Crippen LogP contribution in [0.2, 0.25) is 0 Å². The van der Waals surface area contributed by atoms with Gasteiger partial charge in [-0.05, 0) is 37.1 Å². The maximum Gasteiger partial charge on any atom is 0.522 e. The third-order valence-electron chi connectivity index (χ3n) is 3.98. The van der Waals surface area contributed by atoms with Gasteiger partial charge in [0.05, 0.1) is 6.04 Å². The molecular formula is C16H20F3N3O4S2. The number of halogens is 3. The van der Waals surface area contributed by atoms with E-state index in [-0.39, 0.29) is 5.75 Å². The predicted octanol–water partition coefficient (Wildman–Crippen LogP) is 3.48. The second kappa shape index (κ2) is 9.05. The molecule has 2 N–H and O–H groups in total. The summed E-state index contributed by atoms with van der Waals surface area (Å²) in [6, 6.07) is 7.61. The van der Waals surface area contributed by atoms with Crippen molar-refractivity contribution in [3.05, 3.63) is 29.1 Å². The van der Waals surface area contributed by atoms with Gasteiger partial charge in [-0.15, -0.1) is 0 Å². The number of nitrogens with zero attached hydrogens (tertiary/aromatic N) is 3. The van der Waals surface area contributed by atoms with Gasteiger partial charge in [0, 0.05) is 12.6 Å². The van der Waals surface area contributed by atoms with Crippen LogP contribution in [0.25, 0.3) is 10.6 Å². The fourth-order valence-corrected chi connectivity index (χ4v) is 3.51. The standard InChI is InChI=1S/C15H19N3OS.CHF3O3S/c1-18-15(16-12-5-3-2-4-6-12)20-14(17-18)11-7-9-13(19)10-8-11;2-1(3,4)8(5,6)7/h7-10,12,19H,2-6H2,1H3;(H,5,6,7). The summed E-state index contributed by atoms with van der Waals surface area (Å²) < 4.78 is 59.4. The van der Waals surface area contributed by atoms with E-state index in [1.165, 1.54) is 32.1 Å². The summed E-state index contributed by atoms with van der Waals surface area (Å²) in [7, 11) is -3.89. The number of hydrogen-bond acceptors (Lipinski definition) is 6. The zero-order valence-electron chi connectivity index (χ0n) is 14.9. The fraction of sp³-hybridized carbons (Fsp3) is 0.500. The first-order valence-corrected chi connectivity index (χ1v) is 10.6. The average molecular weight is 439 g/mol. The molecule has 1 aromatic carbocycles. The molecule has 12 heteroatoms. The molecule has 3 rings (SSSR count). The van der Waals surface area contributed by atoms with Crippen LogP contribution in [0.1, 0.15) is 32.1 Å². The van der Waals surface area contributed by atoms with Crippen LogP contribution < -0.4 is 4.80 Å². The van der Waals surface area contributed by atoms with Gasteiger partial charge >= 0.3 is 15.6 Å². The van der Waals surface area contributed by atoms with E-state index in [0.717, 1.165) is 15.4 Å². The highest BCUT2D eigenvalue weighted by Gasteiger charge is 2.44. The average Bonchev–Trinajstić information content (AvgIpc) is 2.96. The van der Waals surface area contributed by atoms with E-state index in [2.05, 4.69) is 5.10 Å². The van der Waals surface area contributed by atoms with Gasteiger partial charge in [-0.25, -0.2) is 4.68 Å². The number of aromatic hydroxyl groups is 1. The number of hydrogen-bond donors (Lipinski definition) is 2. The van der Waals surface area contributed by atoms with Gasteiger partial charge in [0.1, 0.15) is 10.8 Å². The van der Waals surface area contributed by atoms with Crippen LogP contribution in [0.15, 0.2) is 29.3 Å². The lowest BCUT2D eigenvalue weighted by Crippen LogP contribution is -2.21. The van der Waals surface area contributed by atoms with Crippen molar-refractivity contribution in [2.45, 2.75) is 43.7 Å². The Labute approximate surface area is 163 Å². The Morgan fingerprint density at radius 1 is 1.18 bits per heavy atom. The largest absolute Gasteiger partial charge is 0.522 e. The Morgan fingerprint density at radius 3 is 2.21 bits per heavy atom. The van der Waals surface area contributed by atoms with Gasteiger partial charge in [-0.1, -0.05) is 30.6 Å². The molecule has 0 bridgehead atoms. The van der Waals surface area contributed by atoms with Crippen molar-refractivity contribution in [3.63, 3.8) is 0 Å². The van der Waals surface area contributed by atoms with Crippen molar-refractivity contribution in [1.82, 2.24) is 9.78 Å². The Morgan fingerprint density at radius 2 is 1.71 bits per heavy atom. The number of alkyl halides is 3. The maximum absolute atomic E-state index is 10.7. The molecule has 1 aromatic heterocycles. The van der Waals surface area contributed by atoms with Crippen LogP contribution in [-0.4, -0.2) is 39.4 Å². The first-order valence-electron chi connectivity index (χ1n) is 8.38. The van der Waals surface area contributed by atoms with Gasteiger partial charge in [0.15, 0.2) is 0 Å². The molecule has 0 atom stereocenters. The molecule has 0 aliphatic heterocycles. The number of phenolic OH excluding ortho intramolecular Hbond substituents is 1. The Balaban J connectivity index is 0.000000300. The summed E-state index contributed by atoms with van der Waals surface area (Å²) >= 11 is 1.62. The molecule has 1 aliphatic rings. The molecule has 156 valence electrons. The SMILES string of the molecule is Cn1nc(-c2ccc(O)cc2)sc1=NC1CCCCC1.O=S(=O)(O)C(F)(F)F. The van der Waals surface area contributed by atoms with Crippen LogP contribution in [0, 0.1) is 0 Å². The minimum absolute atomic E-state index is 0.279. The highest BCUT2D eigenvalue weighted by Crippen LogP contribution is 2.23. The van der Waals surface area contributed by atoms with E-state index in [0.29, 0.717) is 6.04 Å². The van der Waals surface area contributed by atoms with Crippen LogP contribution in [0.5, 0.6) is 5.75 Å². The van der Waals surface area contributed by atoms with Gasteiger partial charge < -0.3 is 5.11 Å². The van der Waals surface area contributed by atoms with E-state index < -0.39 is 15.6 Å². The van der Waals surface area contributed by atoms with Crippen molar-refractivity contribution >= 4 is 21.5 Å². The Kier molecular flexibility index (Phi) is 7.23. The monoisotopic (exact) mass is 439 g/mol. The minimum atomic E-state index is -5.84. The molecule has 0 unspecified atom stereocenters. The summed E-state index contributed by atoms with van der Waals surface area (Å²) in [4.78, 5) is 5.84. The summed E-state index contributed by atoms with van der Waals surface area (Å²) in [5.74, 6) is 0.279. The highest BCUT2D eigenvalue weighted by atomic mass is 32.2. The molecule has 0 spiro atoms. The second-order valence-corrected chi connectivity index (χ2v) is 8.57. The van der Waals surface area contributed by atoms with Crippen LogP contribution in [-0.2, 0) is 17.2 Å². The van der Waals surface area contributed by atoms with E-state index in [9.17, 15) is 18.3 Å². The van der Waals surface area contributed by atoms with Crippen molar-refractivity contribution < 1.29 is 31.2 Å². The number of benzene rings is 1. The highest BCUT2D eigenvalue weighted by molar-refractivity contribution is 7.86. The van der Waals surface area contributed by atoms with Gasteiger partial charge in [-0.2, -0.15) is 26.7 Å². The summed E-state index contributed by atoms with van der Waals surface area (Å²) in [6.07, 6.45) is 6.33.